The van der Waals surface area contributed by atoms with E-state index in [4.69, 9.17) is 11.6 Å². The number of rotatable bonds is 3. The van der Waals surface area contributed by atoms with Gasteiger partial charge in [-0.2, -0.15) is 4.31 Å². The Labute approximate surface area is 133 Å². The van der Waals surface area contributed by atoms with Crippen molar-refractivity contribution < 1.29 is 8.42 Å². The second-order valence-corrected chi connectivity index (χ2v) is 8.12. The van der Waals surface area contributed by atoms with E-state index in [0.29, 0.717) is 28.3 Å². The van der Waals surface area contributed by atoms with Gasteiger partial charge in [0, 0.05) is 36.0 Å². The molecule has 2 rings (SSSR count). The number of benzene rings is 1. The Morgan fingerprint density at radius 1 is 1.40 bits per heavy atom. The highest BCUT2D eigenvalue weighted by Gasteiger charge is 2.31. The molecule has 0 saturated carbocycles. The minimum Gasteiger partial charge on any atom is -0.301 e. The number of nitrogens with zero attached hydrogens (tertiary/aromatic N) is 2. The molecular formula is C13H18BrClN2O2S. The molecular weight excluding hydrogens is 364 g/mol. The highest BCUT2D eigenvalue weighted by molar-refractivity contribution is 9.10. The second kappa shape index (κ2) is 6.32. The van der Waals surface area contributed by atoms with Crippen molar-refractivity contribution in [1.29, 1.82) is 0 Å². The topological polar surface area (TPSA) is 40.6 Å². The van der Waals surface area contributed by atoms with Crippen LogP contribution in [0, 0.1) is 0 Å². The first-order valence-corrected chi connectivity index (χ1v) is 9.18. The van der Waals surface area contributed by atoms with Gasteiger partial charge in [0.2, 0.25) is 10.0 Å². The first kappa shape index (κ1) is 16.2. The summed E-state index contributed by atoms with van der Waals surface area (Å²) < 4.78 is 27.5. The quantitative estimate of drug-likeness (QED) is 0.755. The molecule has 0 aliphatic carbocycles. The van der Waals surface area contributed by atoms with Crippen LogP contribution in [0.3, 0.4) is 0 Å². The fourth-order valence-corrected chi connectivity index (χ4v) is 4.97. The molecule has 1 unspecified atom stereocenters. The Bertz CT molecular complexity index is 594. The van der Waals surface area contributed by atoms with Gasteiger partial charge in [0.05, 0.1) is 4.90 Å². The number of piperazine rings is 1. The molecule has 0 spiro atoms. The molecule has 0 bridgehead atoms. The van der Waals surface area contributed by atoms with Crippen molar-refractivity contribution in [1.82, 2.24) is 9.21 Å². The van der Waals surface area contributed by atoms with Crippen LogP contribution in [-0.4, -0.2) is 50.3 Å². The van der Waals surface area contributed by atoms with Crippen LogP contribution in [0.15, 0.2) is 27.6 Å². The number of likely N-dealkylation sites (N-methyl/N-ethyl adjacent to an activating group) is 1. The van der Waals surface area contributed by atoms with Crippen LogP contribution >= 0.6 is 27.5 Å². The van der Waals surface area contributed by atoms with E-state index in [1.165, 1.54) is 0 Å². The first-order valence-electron chi connectivity index (χ1n) is 6.41. The maximum absolute atomic E-state index is 12.7. The fourth-order valence-electron chi connectivity index (χ4n) is 2.21. The third-order valence-corrected chi connectivity index (χ3v) is 6.84. The van der Waals surface area contributed by atoms with E-state index in [2.05, 4.69) is 20.8 Å². The molecule has 0 amide bonds. The van der Waals surface area contributed by atoms with Crippen LogP contribution in [0.1, 0.15) is 12.5 Å². The summed E-state index contributed by atoms with van der Waals surface area (Å²) in [7, 11) is -1.44. The van der Waals surface area contributed by atoms with Crippen molar-refractivity contribution in [2.75, 3.05) is 26.7 Å². The van der Waals surface area contributed by atoms with E-state index in [1.807, 2.05) is 14.0 Å². The zero-order valence-electron chi connectivity index (χ0n) is 11.5. The minimum absolute atomic E-state index is 0.222. The lowest BCUT2D eigenvalue weighted by atomic mass is 10.2. The molecule has 0 radical (unpaired) electrons. The van der Waals surface area contributed by atoms with Gasteiger partial charge in [0.25, 0.3) is 0 Å². The largest absolute Gasteiger partial charge is 0.301 e. The average Bonchev–Trinajstić information content (AvgIpc) is 2.41. The summed E-state index contributed by atoms with van der Waals surface area (Å²) >= 11 is 9.11. The van der Waals surface area contributed by atoms with Crippen LogP contribution in [0.25, 0.3) is 0 Å². The normalized spacial score (nSPS) is 22.1. The van der Waals surface area contributed by atoms with Gasteiger partial charge in [-0.15, -0.1) is 11.6 Å². The molecule has 1 aliphatic rings. The van der Waals surface area contributed by atoms with Crippen molar-refractivity contribution in [3.05, 3.63) is 28.2 Å². The van der Waals surface area contributed by atoms with Crippen LogP contribution in [-0.2, 0) is 15.9 Å². The SMILES string of the molecule is CC1CN(S(=O)(=O)c2ccc(CCl)cc2Br)CCN1C. The second-order valence-electron chi connectivity index (χ2n) is 5.09. The summed E-state index contributed by atoms with van der Waals surface area (Å²) in [6.45, 7) is 3.82. The third kappa shape index (κ3) is 3.20. The highest BCUT2D eigenvalue weighted by Crippen LogP contribution is 2.28. The van der Waals surface area contributed by atoms with Gasteiger partial charge in [-0.1, -0.05) is 6.07 Å². The lowest BCUT2D eigenvalue weighted by Crippen LogP contribution is -2.51. The number of sulfonamides is 1. The molecule has 20 heavy (non-hydrogen) atoms. The van der Waals surface area contributed by atoms with Gasteiger partial charge >= 0.3 is 0 Å². The highest BCUT2D eigenvalue weighted by atomic mass is 79.9. The number of halogens is 2. The molecule has 0 N–H and O–H groups in total. The van der Waals surface area contributed by atoms with Gasteiger partial charge in [-0.25, -0.2) is 8.42 Å². The molecule has 1 atom stereocenters. The molecule has 1 saturated heterocycles. The van der Waals surface area contributed by atoms with Crippen LogP contribution in [0.5, 0.6) is 0 Å². The molecule has 4 nitrogen and oxygen atoms in total. The number of hydrogen-bond donors (Lipinski definition) is 0. The smallest absolute Gasteiger partial charge is 0.244 e. The van der Waals surface area contributed by atoms with Crippen molar-refractivity contribution in [3.8, 4) is 0 Å². The van der Waals surface area contributed by atoms with E-state index in [0.717, 1.165) is 12.1 Å². The summed E-state index contributed by atoms with van der Waals surface area (Å²) in [5, 5.41) is 0. The first-order chi connectivity index (χ1) is 9.36. The summed E-state index contributed by atoms with van der Waals surface area (Å²) in [6, 6.07) is 5.36. The predicted octanol–water partition coefficient (Wildman–Crippen LogP) is 2.51. The molecule has 1 aromatic rings. The number of alkyl halides is 1. The lowest BCUT2D eigenvalue weighted by molar-refractivity contribution is 0.159. The zero-order chi connectivity index (χ0) is 14.9. The fraction of sp³-hybridized carbons (Fsp3) is 0.538. The maximum atomic E-state index is 12.7. The van der Waals surface area contributed by atoms with Crippen LogP contribution < -0.4 is 0 Å². The molecule has 1 aliphatic heterocycles. The zero-order valence-corrected chi connectivity index (χ0v) is 14.7. The van der Waals surface area contributed by atoms with Crippen molar-refractivity contribution >= 4 is 37.6 Å². The molecule has 1 heterocycles. The predicted molar refractivity (Wildman–Crippen MR) is 84.5 cm³/mol. The van der Waals surface area contributed by atoms with Crippen molar-refractivity contribution in [2.24, 2.45) is 0 Å². The summed E-state index contributed by atoms with van der Waals surface area (Å²) in [5.41, 5.74) is 0.893. The average molecular weight is 382 g/mol. The van der Waals surface area contributed by atoms with E-state index in [9.17, 15) is 8.42 Å². The summed E-state index contributed by atoms with van der Waals surface area (Å²) in [6.07, 6.45) is 0. The summed E-state index contributed by atoms with van der Waals surface area (Å²) in [4.78, 5) is 2.47. The lowest BCUT2D eigenvalue weighted by Gasteiger charge is -2.36. The van der Waals surface area contributed by atoms with Crippen LogP contribution in [0.4, 0.5) is 0 Å². The molecule has 1 fully saturated rings. The van der Waals surface area contributed by atoms with E-state index in [1.54, 1.807) is 22.5 Å². The van der Waals surface area contributed by atoms with Crippen molar-refractivity contribution in [2.45, 2.75) is 23.7 Å². The monoisotopic (exact) mass is 380 g/mol. The Balaban J connectivity index is 2.31. The molecule has 0 aromatic heterocycles. The van der Waals surface area contributed by atoms with E-state index in [-0.39, 0.29) is 6.04 Å². The third-order valence-electron chi connectivity index (χ3n) is 3.69. The minimum atomic E-state index is -3.46. The standard InChI is InChI=1S/C13H18BrClN2O2S/c1-10-9-17(6-5-16(10)2)20(18,19)13-4-3-11(8-15)7-12(13)14/h3-4,7,10H,5-6,8-9H2,1-2H3. The molecule has 7 heteroatoms. The molecule has 112 valence electrons. The van der Waals surface area contributed by atoms with Gasteiger partial charge in [0.1, 0.15) is 0 Å². The summed E-state index contributed by atoms with van der Waals surface area (Å²) in [5.74, 6) is 0.366. The van der Waals surface area contributed by atoms with E-state index < -0.39 is 10.0 Å². The Morgan fingerprint density at radius 3 is 2.65 bits per heavy atom. The van der Waals surface area contributed by atoms with Gasteiger partial charge in [-0.3, -0.25) is 0 Å². The number of hydrogen-bond acceptors (Lipinski definition) is 3. The Hall–Kier alpha value is -0.140. The van der Waals surface area contributed by atoms with Gasteiger partial charge in [0.15, 0.2) is 0 Å². The van der Waals surface area contributed by atoms with Gasteiger partial charge in [-0.05, 0) is 47.6 Å². The Kier molecular flexibility index (Phi) is 5.13. The van der Waals surface area contributed by atoms with Gasteiger partial charge < -0.3 is 4.90 Å². The van der Waals surface area contributed by atoms with Crippen molar-refractivity contribution in [3.63, 3.8) is 0 Å². The Morgan fingerprint density at radius 2 is 2.10 bits per heavy atom. The maximum Gasteiger partial charge on any atom is 0.244 e. The van der Waals surface area contributed by atoms with Crippen LogP contribution in [0.2, 0.25) is 0 Å². The van der Waals surface area contributed by atoms with E-state index >= 15 is 0 Å². The molecule has 1 aromatic carbocycles.